The Hall–Kier alpha value is -14.6. The van der Waals surface area contributed by atoms with Crippen molar-refractivity contribution in [3.63, 3.8) is 0 Å². The molecule has 0 saturated heterocycles. The molecule has 0 aliphatic heterocycles. The molecule has 112 heavy (non-hydrogen) atoms. The Kier molecular flexibility index (Phi) is 21.6. The van der Waals surface area contributed by atoms with Crippen molar-refractivity contribution >= 4 is 113 Å². The molecule has 0 radical (unpaired) electrons. The van der Waals surface area contributed by atoms with E-state index in [4.69, 9.17) is 4.98 Å². The number of hydrogen-bond acceptors (Lipinski definition) is 18. The van der Waals surface area contributed by atoms with E-state index in [0.717, 1.165) is 129 Å². The van der Waals surface area contributed by atoms with Crippen molar-refractivity contribution in [3.8, 4) is 45.6 Å². The lowest BCUT2D eigenvalue weighted by Crippen LogP contribution is -2.12. The zero-order chi connectivity index (χ0) is 77.0. The molecule has 556 valence electrons. The number of aromatic amines is 4. The van der Waals surface area contributed by atoms with E-state index >= 15 is 0 Å². The topological polar surface area (TPSA) is 295 Å². The van der Waals surface area contributed by atoms with Crippen molar-refractivity contribution in [1.29, 1.82) is 0 Å². The second-order valence-corrected chi connectivity index (χ2v) is 27.1. The second-order valence-electron chi connectivity index (χ2n) is 27.1. The average molecular weight is 1480 g/mol. The summed E-state index contributed by atoms with van der Waals surface area (Å²) in [5.41, 5.74) is 15.7. The molecule has 23 nitrogen and oxygen atoms in total. The molecule has 0 amide bonds. The first kappa shape index (κ1) is 72.9. The fraction of sp³-hybridized carbons (Fsp3) is 0.126. The number of hydrogen-bond donors (Lipinski definition) is 10. The molecular weight excluding hydrogens is 1410 g/mol. The number of benzene rings is 7. The van der Waals surface area contributed by atoms with Crippen LogP contribution in [0.3, 0.4) is 0 Å². The largest absolute Gasteiger partial charge is 0.367 e. The number of nitrogens with one attached hydrogen (secondary N) is 10. The summed E-state index contributed by atoms with van der Waals surface area (Å²) in [4.78, 5) is 67.1. The fourth-order valence-corrected chi connectivity index (χ4v) is 12.3. The van der Waals surface area contributed by atoms with Crippen LogP contribution in [0, 0.1) is 39.5 Å². The van der Waals surface area contributed by atoms with Gasteiger partial charge in [-0.05, 0) is 133 Å². The van der Waals surface area contributed by atoms with E-state index in [1.807, 2.05) is 253 Å². The van der Waals surface area contributed by atoms with Crippen molar-refractivity contribution < 1.29 is 8.78 Å². The van der Waals surface area contributed by atoms with E-state index in [9.17, 15) is 8.78 Å². The van der Waals surface area contributed by atoms with Gasteiger partial charge in [0.2, 0.25) is 11.9 Å². The van der Waals surface area contributed by atoms with Crippen LogP contribution in [-0.4, -0.2) is 96.4 Å². The molecule has 25 heteroatoms. The first-order chi connectivity index (χ1) is 54.6. The molecule has 1 fully saturated rings. The molecule has 0 spiro atoms. The van der Waals surface area contributed by atoms with Crippen molar-refractivity contribution in [3.05, 3.63) is 290 Å². The molecule has 11 aromatic heterocycles. The van der Waals surface area contributed by atoms with E-state index < -0.39 is 5.95 Å². The number of pyridine rings is 1. The minimum atomic E-state index is -0.543. The van der Waals surface area contributed by atoms with Gasteiger partial charge in [-0.1, -0.05) is 158 Å². The monoisotopic (exact) mass is 1480 g/mol. The highest BCUT2D eigenvalue weighted by Crippen LogP contribution is 2.34. The third kappa shape index (κ3) is 17.8. The van der Waals surface area contributed by atoms with E-state index in [1.54, 1.807) is 30.6 Å². The van der Waals surface area contributed by atoms with Crippen LogP contribution in [0.5, 0.6) is 0 Å². The Bertz CT molecular complexity index is 6230. The summed E-state index contributed by atoms with van der Waals surface area (Å²) in [6, 6.07) is 78.1. The number of imidazole rings is 1. The molecule has 7 aromatic carbocycles. The maximum absolute atomic E-state index is 14.0. The van der Waals surface area contributed by atoms with Gasteiger partial charge in [0.05, 0.1) is 33.4 Å². The van der Waals surface area contributed by atoms with Crippen LogP contribution >= 0.6 is 0 Å². The first-order valence-electron chi connectivity index (χ1n) is 36.6. The zero-order valence-corrected chi connectivity index (χ0v) is 62.4. The van der Waals surface area contributed by atoms with Crippen molar-refractivity contribution in [2.75, 3.05) is 31.9 Å². The van der Waals surface area contributed by atoms with Gasteiger partial charge in [0.25, 0.3) is 0 Å². The van der Waals surface area contributed by atoms with Gasteiger partial charge >= 0.3 is 0 Å². The number of para-hydroxylation sites is 3. The van der Waals surface area contributed by atoms with Gasteiger partial charge < -0.3 is 56.4 Å². The summed E-state index contributed by atoms with van der Waals surface area (Å²) in [5, 5.41) is 23.8. The van der Waals surface area contributed by atoms with Gasteiger partial charge in [-0.3, -0.25) is 0 Å². The molecular formula is C87H79F2N23. The summed E-state index contributed by atoms with van der Waals surface area (Å²) in [5.74, 6) is 5.88. The van der Waals surface area contributed by atoms with Crippen LogP contribution in [-0.2, 0) is 7.05 Å². The first-order valence-corrected chi connectivity index (χ1v) is 36.6. The molecule has 18 aromatic rings. The molecule has 0 unspecified atom stereocenters. The van der Waals surface area contributed by atoms with Gasteiger partial charge in [-0.15, -0.1) is 0 Å². The number of anilines is 10. The molecule has 1 saturated carbocycles. The maximum atomic E-state index is 14.0. The number of halogens is 2. The number of fused-ring (bicyclic) bond motifs is 5. The molecule has 0 atom stereocenters. The highest BCUT2D eigenvalue weighted by atomic mass is 19.1. The predicted octanol–water partition coefficient (Wildman–Crippen LogP) is 20.1. The van der Waals surface area contributed by atoms with Crippen molar-refractivity contribution in [1.82, 2.24) is 84.3 Å². The highest BCUT2D eigenvalue weighted by Gasteiger charge is 2.24. The van der Waals surface area contributed by atoms with Crippen molar-refractivity contribution in [2.45, 2.75) is 66.5 Å². The molecule has 19 rings (SSSR count). The van der Waals surface area contributed by atoms with Crippen LogP contribution in [0.15, 0.2) is 255 Å². The summed E-state index contributed by atoms with van der Waals surface area (Å²) >= 11 is 0. The number of H-pyrrole nitrogens is 4. The van der Waals surface area contributed by atoms with Crippen LogP contribution in [0.4, 0.5) is 66.6 Å². The Labute approximate surface area is 643 Å². The molecule has 0 bridgehead atoms. The lowest BCUT2D eigenvalue weighted by atomic mass is 10.2. The Balaban J connectivity index is 0.000000111. The third-order valence-electron chi connectivity index (χ3n) is 17.7. The van der Waals surface area contributed by atoms with Gasteiger partial charge in [0.1, 0.15) is 51.7 Å². The molecule has 10 N–H and O–H groups in total. The van der Waals surface area contributed by atoms with Crippen LogP contribution in [0.25, 0.3) is 101 Å². The maximum Gasteiger partial charge on any atom is 0.231 e. The van der Waals surface area contributed by atoms with Gasteiger partial charge in [-0.2, -0.15) is 14.4 Å². The quantitative estimate of drug-likeness (QED) is 0.0402. The SMILES string of the molecule is Cc1cc2c(NC(C)C)nc(-c3ccccc3F)nc2[nH]1.Cc1cc2c(NC3CC3)nc(-c3ccccc3)nc2[nH]1.Cc1cc2c(Nc3ccccc3)nc(Nc3ccccc3)nc2[nH]1.Cc1cc2c(Nc3ccnc(F)c3)nc(-c3ccccc3)nc2[nH]1.Cn1cnc2c(Nc3ccccc3)nc(-c3ccccc3)nc21. The van der Waals surface area contributed by atoms with Gasteiger partial charge in [0, 0.05) is 93.6 Å². The normalized spacial score (nSPS) is 11.6. The smallest absolute Gasteiger partial charge is 0.231 e. The Morgan fingerprint density at radius 2 is 0.786 bits per heavy atom. The Morgan fingerprint density at radius 3 is 1.29 bits per heavy atom. The summed E-state index contributed by atoms with van der Waals surface area (Å²) in [7, 11) is 1.93. The summed E-state index contributed by atoms with van der Waals surface area (Å²) in [6.07, 6.45) is 5.63. The Morgan fingerprint density at radius 1 is 0.384 bits per heavy atom. The number of nitrogens with zero attached hydrogens (tertiary/aromatic N) is 13. The highest BCUT2D eigenvalue weighted by molar-refractivity contribution is 5.94. The zero-order valence-electron chi connectivity index (χ0n) is 62.4. The molecule has 1 aliphatic carbocycles. The average Bonchev–Trinajstić information content (AvgIpc) is 1.61. The van der Waals surface area contributed by atoms with Gasteiger partial charge in [-0.25, -0.2) is 54.2 Å². The number of aryl methyl sites for hydroxylation is 5. The van der Waals surface area contributed by atoms with E-state index in [0.29, 0.717) is 58.0 Å². The lowest BCUT2D eigenvalue weighted by molar-refractivity contribution is 0.584. The van der Waals surface area contributed by atoms with E-state index in [-0.39, 0.29) is 11.9 Å². The number of aromatic nitrogens is 17. The second kappa shape index (κ2) is 33.3. The lowest BCUT2D eigenvalue weighted by Gasteiger charge is -2.11. The minimum Gasteiger partial charge on any atom is -0.367 e. The van der Waals surface area contributed by atoms with Crippen LogP contribution in [0.2, 0.25) is 0 Å². The van der Waals surface area contributed by atoms with Crippen LogP contribution < -0.4 is 31.9 Å². The van der Waals surface area contributed by atoms with Crippen LogP contribution in [0.1, 0.15) is 49.5 Å². The predicted molar refractivity (Wildman–Crippen MR) is 445 cm³/mol. The van der Waals surface area contributed by atoms with E-state index in [2.05, 4.69) is 113 Å². The fourth-order valence-electron chi connectivity index (χ4n) is 12.3. The van der Waals surface area contributed by atoms with E-state index in [1.165, 1.54) is 31.2 Å². The van der Waals surface area contributed by atoms with Crippen molar-refractivity contribution in [2.24, 2.45) is 7.05 Å². The minimum absolute atomic E-state index is 0.228. The van der Waals surface area contributed by atoms with Gasteiger partial charge in [0.15, 0.2) is 40.3 Å². The molecule has 11 heterocycles. The standard InChI is InChI=1S/C19H17N5.C18H14FN5.C18H15N5.C16H17FN4.C16H16N4/c1-13-12-16-17(20-13)23-19(22-15-10-6-3-7-11-15)24-18(16)21-14-8-4-2-5-9-14;1-11-9-14-17(21-11)23-16(12-5-3-2-4-6-12)24-18(14)22-13-7-8-20-15(19)10-13;1-23-12-19-15-17(20-14-10-6-3-7-11-14)21-16(22-18(15)23)13-8-4-2-5-9-13;1-9(2)18-15-12-8-10(3)19-16(12)21-14(20-15)11-6-4-5-7-13(11)17;1-10-9-13-15(17-10)19-14(11-5-3-2-4-6-11)20-16(13)18-12-7-8-12/h2-12H,1H3,(H3,20,21,22,23,24);2-10H,1H3,(H2,20,21,22,23,24);2-12H,1H3,(H,20,21,22);4-9H,1-3H3,(H2,18,19,20,21);2-6,9,12H,7-8H2,1H3,(H2,17,18,19,20). The summed E-state index contributed by atoms with van der Waals surface area (Å²) < 4.78 is 29.2. The summed E-state index contributed by atoms with van der Waals surface area (Å²) in [6.45, 7) is 12.1. The molecule has 1 aliphatic rings. The number of rotatable bonds is 16. The third-order valence-corrected chi connectivity index (χ3v) is 17.7.